The van der Waals surface area contributed by atoms with Gasteiger partial charge in [-0.2, -0.15) is 0 Å². The number of ether oxygens (including phenoxy) is 1. The molecule has 0 unspecified atom stereocenters. The van der Waals surface area contributed by atoms with Crippen molar-refractivity contribution in [2.24, 2.45) is 11.8 Å². The molecule has 2 aliphatic rings. The normalized spacial score (nSPS) is 29.5. The fraction of sp³-hybridized carbons (Fsp3) is 0.632. The molecule has 1 fully saturated rings. The van der Waals surface area contributed by atoms with Gasteiger partial charge in [-0.25, -0.2) is 0 Å². The molecule has 0 radical (unpaired) electrons. The minimum atomic E-state index is 0.0701. The Morgan fingerprint density at radius 2 is 2.05 bits per heavy atom. The van der Waals surface area contributed by atoms with Crippen LogP contribution in [0.5, 0.6) is 5.75 Å². The first kappa shape index (κ1) is 15.4. The van der Waals surface area contributed by atoms with E-state index in [1.807, 2.05) is 17.0 Å². The van der Waals surface area contributed by atoms with Gasteiger partial charge in [0.05, 0.1) is 12.8 Å². The van der Waals surface area contributed by atoms with Gasteiger partial charge in [0.15, 0.2) is 0 Å². The summed E-state index contributed by atoms with van der Waals surface area (Å²) >= 11 is 0. The molecule has 120 valence electrons. The molecular formula is C19H27NO2. The van der Waals surface area contributed by atoms with Crippen molar-refractivity contribution < 1.29 is 9.53 Å². The Kier molecular flexibility index (Phi) is 3.70. The highest BCUT2D eigenvalue weighted by Gasteiger charge is 2.49. The van der Waals surface area contributed by atoms with Gasteiger partial charge in [0.2, 0.25) is 5.91 Å². The van der Waals surface area contributed by atoms with Crippen LogP contribution in [0.1, 0.15) is 52.5 Å². The Labute approximate surface area is 133 Å². The van der Waals surface area contributed by atoms with E-state index in [1.165, 1.54) is 18.4 Å². The smallest absolute Gasteiger partial charge is 0.224 e. The first-order valence-electron chi connectivity index (χ1n) is 8.35. The summed E-state index contributed by atoms with van der Waals surface area (Å²) in [7, 11) is 1.69. The quantitative estimate of drug-likeness (QED) is 0.780. The number of carbonyl (C=O) groups is 1. The molecule has 0 N–H and O–H groups in total. The second-order valence-corrected chi connectivity index (χ2v) is 7.56. The summed E-state index contributed by atoms with van der Waals surface area (Å²) in [6, 6.07) is 6.48. The van der Waals surface area contributed by atoms with Gasteiger partial charge >= 0.3 is 0 Å². The van der Waals surface area contributed by atoms with Crippen molar-refractivity contribution in [3.8, 4) is 5.75 Å². The largest absolute Gasteiger partial charge is 0.495 e. The first-order chi connectivity index (χ1) is 10.4. The Balaban J connectivity index is 2.23. The van der Waals surface area contributed by atoms with Gasteiger partial charge in [-0.1, -0.05) is 39.3 Å². The van der Waals surface area contributed by atoms with E-state index in [-0.39, 0.29) is 11.3 Å². The molecule has 22 heavy (non-hydrogen) atoms. The average molecular weight is 301 g/mol. The molecule has 3 nitrogen and oxygen atoms in total. The molecule has 1 amide bonds. The molecule has 0 bridgehead atoms. The van der Waals surface area contributed by atoms with Crippen molar-refractivity contribution in [2.45, 2.75) is 58.4 Å². The average Bonchev–Trinajstić information content (AvgIpc) is 2.46. The van der Waals surface area contributed by atoms with E-state index in [1.54, 1.807) is 14.0 Å². The van der Waals surface area contributed by atoms with E-state index >= 15 is 0 Å². The maximum atomic E-state index is 12.5. The Morgan fingerprint density at radius 1 is 1.32 bits per heavy atom. The molecule has 3 atom stereocenters. The third-order valence-corrected chi connectivity index (χ3v) is 5.83. The summed E-state index contributed by atoms with van der Waals surface area (Å²) in [6.07, 6.45) is 3.54. The number of para-hydroxylation sites is 1. The number of amides is 1. The first-order valence-corrected chi connectivity index (χ1v) is 8.35. The van der Waals surface area contributed by atoms with Crippen LogP contribution in [0.4, 0.5) is 5.69 Å². The number of hydrogen-bond acceptors (Lipinski definition) is 2. The molecule has 1 aromatic rings. The molecule has 0 aromatic heterocycles. The van der Waals surface area contributed by atoms with Crippen molar-refractivity contribution in [1.82, 2.24) is 0 Å². The van der Waals surface area contributed by atoms with Crippen LogP contribution in [-0.2, 0) is 10.2 Å². The summed E-state index contributed by atoms with van der Waals surface area (Å²) in [6.45, 7) is 8.65. The van der Waals surface area contributed by atoms with Crippen LogP contribution in [-0.4, -0.2) is 19.1 Å². The Bertz CT molecular complexity index is 593. The van der Waals surface area contributed by atoms with Gasteiger partial charge in [0, 0.05) is 13.0 Å². The highest BCUT2D eigenvalue weighted by molar-refractivity contribution is 5.96. The second kappa shape index (κ2) is 5.29. The summed E-state index contributed by atoms with van der Waals surface area (Å²) in [5.74, 6) is 2.14. The van der Waals surface area contributed by atoms with Gasteiger partial charge < -0.3 is 9.64 Å². The topological polar surface area (TPSA) is 29.5 Å². The van der Waals surface area contributed by atoms with E-state index < -0.39 is 0 Å². The summed E-state index contributed by atoms with van der Waals surface area (Å²) in [4.78, 5) is 14.5. The monoisotopic (exact) mass is 301 g/mol. The molecule has 1 saturated carbocycles. The number of hydrogen-bond donors (Lipinski definition) is 0. The molecule has 1 aliphatic heterocycles. The van der Waals surface area contributed by atoms with Crippen molar-refractivity contribution >= 4 is 11.6 Å². The minimum absolute atomic E-state index is 0.0701. The number of methoxy groups -OCH3 is 1. The van der Waals surface area contributed by atoms with Crippen molar-refractivity contribution in [2.75, 3.05) is 12.0 Å². The Morgan fingerprint density at radius 3 is 2.68 bits per heavy atom. The highest BCUT2D eigenvalue weighted by atomic mass is 16.5. The van der Waals surface area contributed by atoms with Crippen molar-refractivity contribution in [3.63, 3.8) is 0 Å². The molecule has 3 rings (SSSR count). The van der Waals surface area contributed by atoms with Gasteiger partial charge in [0.25, 0.3) is 0 Å². The number of benzene rings is 1. The van der Waals surface area contributed by atoms with E-state index in [0.717, 1.165) is 17.9 Å². The van der Waals surface area contributed by atoms with E-state index in [0.29, 0.717) is 17.9 Å². The number of nitrogens with zero attached hydrogens (tertiary/aromatic N) is 1. The number of anilines is 1. The van der Waals surface area contributed by atoms with Crippen LogP contribution >= 0.6 is 0 Å². The summed E-state index contributed by atoms with van der Waals surface area (Å²) < 4.78 is 5.60. The van der Waals surface area contributed by atoms with Crippen LogP contribution in [0.3, 0.4) is 0 Å². The highest BCUT2D eigenvalue weighted by Crippen LogP contribution is 2.54. The van der Waals surface area contributed by atoms with Gasteiger partial charge in [-0.3, -0.25) is 4.79 Å². The van der Waals surface area contributed by atoms with Crippen molar-refractivity contribution in [3.05, 3.63) is 23.8 Å². The molecule has 1 aliphatic carbocycles. The zero-order valence-corrected chi connectivity index (χ0v) is 14.3. The third-order valence-electron chi connectivity index (χ3n) is 5.83. The zero-order chi connectivity index (χ0) is 16.1. The predicted molar refractivity (Wildman–Crippen MR) is 89.5 cm³/mol. The predicted octanol–water partition coefficient (Wildman–Crippen LogP) is 4.14. The lowest BCUT2D eigenvalue weighted by atomic mass is 9.60. The summed E-state index contributed by atoms with van der Waals surface area (Å²) in [5.41, 5.74) is 2.32. The standard InChI is InChI=1S/C19H27NO2/c1-12-9-10-14-16(11-12)20(13(2)21)18-15(19(14,3)4)7-6-8-17(18)22-5/h6-8,12,14,16H,9-11H2,1-5H3/t12-,14+,16-/m1/s1. The maximum Gasteiger partial charge on any atom is 0.224 e. The molecule has 0 saturated heterocycles. The van der Waals surface area contributed by atoms with Crippen LogP contribution in [0.25, 0.3) is 0 Å². The van der Waals surface area contributed by atoms with E-state index in [9.17, 15) is 4.79 Å². The third kappa shape index (κ3) is 2.13. The lowest BCUT2D eigenvalue weighted by Crippen LogP contribution is -2.56. The SMILES string of the molecule is COc1cccc2c1N(C(C)=O)[C@@H]1C[C@H](C)CC[C@@H]1C2(C)C. The molecule has 0 spiro atoms. The van der Waals surface area contributed by atoms with Crippen LogP contribution in [0, 0.1) is 11.8 Å². The number of fused-ring (bicyclic) bond motifs is 2. The van der Waals surface area contributed by atoms with Crippen molar-refractivity contribution in [1.29, 1.82) is 0 Å². The van der Waals surface area contributed by atoms with Crippen LogP contribution in [0.2, 0.25) is 0 Å². The zero-order valence-electron chi connectivity index (χ0n) is 14.3. The minimum Gasteiger partial charge on any atom is -0.495 e. The lowest BCUT2D eigenvalue weighted by molar-refractivity contribution is -0.118. The number of rotatable bonds is 1. The second-order valence-electron chi connectivity index (χ2n) is 7.56. The fourth-order valence-electron chi connectivity index (χ4n) is 4.69. The molecule has 1 heterocycles. The van der Waals surface area contributed by atoms with Gasteiger partial charge in [0.1, 0.15) is 5.75 Å². The van der Waals surface area contributed by atoms with Crippen LogP contribution in [0.15, 0.2) is 18.2 Å². The molecule has 1 aromatic carbocycles. The number of carbonyl (C=O) groups excluding carboxylic acids is 1. The lowest BCUT2D eigenvalue weighted by Gasteiger charge is -2.54. The van der Waals surface area contributed by atoms with E-state index in [2.05, 4.69) is 26.8 Å². The molecule has 3 heteroatoms. The Hall–Kier alpha value is -1.51. The van der Waals surface area contributed by atoms with Crippen LogP contribution < -0.4 is 9.64 Å². The van der Waals surface area contributed by atoms with Gasteiger partial charge in [-0.05, 0) is 41.7 Å². The maximum absolute atomic E-state index is 12.5. The summed E-state index contributed by atoms with van der Waals surface area (Å²) in [5, 5.41) is 0. The van der Waals surface area contributed by atoms with E-state index in [4.69, 9.17) is 4.74 Å². The van der Waals surface area contributed by atoms with Gasteiger partial charge in [-0.15, -0.1) is 0 Å². The molecular weight excluding hydrogens is 274 g/mol. The fourth-order valence-corrected chi connectivity index (χ4v) is 4.69.